The maximum absolute atomic E-state index is 12.6. The number of nitrogens with zero attached hydrogens (tertiary/aromatic N) is 1. The lowest BCUT2D eigenvalue weighted by Crippen LogP contribution is -2.14. The van der Waals surface area contributed by atoms with Crippen LogP contribution >= 0.6 is 31.9 Å². The quantitative estimate of drug-likeness (QED) is 0.211. The molecule has 168 valence electrons. The second-order valence-electron chi connectivity index (χ2n) is 7.11. The van der Waals surface area contributed by atoms with E-state index in [2.05, 4.69) is 37.2 Å². The minimum Gasteiger partial charge on any atom is -0.377 e. The van der Waals surface area contributed by atoms with Crippen LogP contribution in [0.3, 0.4) is 0 Å². The van der Waals surface area contributed by atoms with Crippen LogP contribution < -0.4 is 9.50 Å². The third-order valence-electron chi connectivity index (χ3n) is 4.55. The Morgan fingerprint density at radius 2 is 1.67 bits per heavy atom. The lowest BCUT2D eigenvalue weighted by Gasteiger charge is -2.12. The van der Waals surface area contributed by atoms with Crippen molar-refractivity contribution in [2.45, 2.75) is 18.7 Å². The molecule has 0 saturated carbocycles. The van der Waals surface area contributed by atoms with Crippen molar-refractivity contribution in [3.05, 3.63) is 91.9 Å². The highest BCUT2D eigenvalue weighted by molar-refractivity contribution is 9.11. The summed E-state index contributed by atoms with van der Waals surface area (Å²) in [5, 5.41) is 12.3. The van der Waals surface area contributed by atoms with E-state index in [4.69, 9.17) is 4.18 Å². The summed E-state index contributed by atoms with van der Waals surface area (Å²) in [6.07, 6.45) is 1.41. The zero-order valence-corrected chi connectivity index (χ0v) is 21.6. The third kappa shape index (κ3) is 6.11. The van der Waals surface area contributed by atoms with Gasteiger partial charge < -0.3 is 9.50 Å². The molecular formula is C24H18Br2N2O4S. The Bertz CT molecular complexity index is 1370. The van der Waals surface area contributed by atoms with Crippen molar-refractivity contribution in [2.75, 3.05) is 5.32 Å². The molecule has 0 aliphatic rings. The molecule has 0 saturated heterocycles. The third-order valence-corrected chi connectivity index (χ3v) is 6.97. The molecule has 0 aliphatic heterocycles. The Labute approximate surface area is 209 Å². The number of nitriles is 1. The van der Waals surface area contributed by atoms with Gasteiger partial charge in [0.15, 0.2) is 5.75 Å². The molecular weight excluding hydrogens is 572 g/mol. The number of hydrogen-bond donors (Lipinski definition) is 1. The number of carbonyl (C=O) groups is 1. The first-order valence-electron chi connectivity index (χ1n) is 9.59. The van der Waals surface area contributed by atoms with Gasteiger partial charge in [-0.2, -0.15) is 13.7 Å². The summed E-state index contributed by atoms with van der Waals surface area (Å²) in [4.78, 5) is 12.7. The van der Waals surface area contributed by atoms with Crippen molar-refractivity contribution in [2.24, 2.45) is 0 Å². The van der Waals surface area contributed by atoms with E-state index in [1.54, 1.807) is 36.4 Å². The molecule has 1 amide bonds. The number of anilines is 1. The standard InChI is InChI=1S/C24H18Br2N2O4S/c1-15-8-9-22(16(2)10-15)28-24(29)18(14-27)11-17-12-20(25)23(21(26)13-17)32-33(30,31)19-6-4-3-5-7-19/h3-13H,1-2H3,(H,28,29)/b18-11+. The van der Waals surface area contributed by atoms with Crippen LogP contribution in [0, 0.1) is 25.2 Å². The predicted molar refractivity (Wildman–Crippen MR) is 134 cm³/mol. The molecule has 0 unspecified atom stereocenters. The van der Waals surface area contributed by atoms with Gasteiger partial charge in [0, 0.05) is 5.69 Å². The van der Waals surface area contributed by atoms with Crippen molar-refractivity contribution in [3.8, 4) is 11.8 Å². The SMILES string of the molecule is Cc1ccc(NC(=O)/C(C#N)=C/c2cc(Br)c(OS(=O)(=O)c3ccccc3)c(Br)c2)c(C)c1. The van der Waals surface area contributed by atoms with Gasteiger partial charge in [0.2, 0.25) is 0 Å². The van der Waals surface area contributed by atoms with Crippen LogP contribution in [0.5, 0.6) is 5.75 Å². The number of aryl methyl sites for hydroxylation is 2. The van der Waals surface area contributed by atoms with Crippen LogP contribution in [0.1, 0.15) is 16.7 Å². The van der Waals surface area contributed by atoms with Crippen molar-refractivity contribution in [1.29, 1.82) is 5.26 Å². The lowest BCUT2D eigenvalue weighted by atomic mass is 10.1. The highest BCUT2D eigenvalue weighted by Crippen LogP contribution is 2.37. The van der Waals surface area contributed by atoms with E-state index < -0.39 is 16.0 Å². The molecule has 9 heteroatoms. The summed E-state index contributed by atoms with van der Waals surface area (Å²) in [6, 6.07) is 18.4. The van der Waals surface area contributed by atoms with Gasteiger partial charge in [-0.3, -0.25) is 4.79 Å². The van der Waals surface area contributed by atoms with Gasteiger partial charge in [-0.25, -0.2) is 0 Å². The minimum atomic E-state index is -4.05. The van der Waals surface area contributed by atoms with E-state index in [1.165, 1.54) is 18.2 Å². The largest absolute Gasteiger partial charge is 0.377 e. The number of halogens is 2. The second-order valence-corrected chi connectivity index (χ2v) is 10.4. The van der Waals surface area contributed by atoms with Gasteiger partial charge in [0.05, 0.1) is 8.95 Å². The number of carbonyl (C=O) groups excluding carboxylic acids is 1. The fourth-order valence-electron chi connectivity index (χ4n) is 2.95. The fraction of sp³-hybridized carbons (Fsp3) is 0.0833. The number of amides is 1. The Balaban J connectivity index is 1.87. The number of hydrogen-bond acceptors (Lipinski definition) is 5. The van der Waals surface area contributed by atoms with Crippen molar-refractivity contribution in [3.63, 3.8) is 0 Å². The van der Waals surface area contributed by atoms with E-state index in [-0.39, 0.29) is 16.2 Å². The van der Waals surface area contributed by atoms with E-state index >= 15 is 0 Å². The van der Waals surface area contributed by atoms with Crippen molar-refractivity contribution < 1.29 is 17.4 Å². The van der Waals surface area contributed by atoms with Gasteiger partial charge in [-0.15, -0.1) is 0 Å². The summed E-state index contributed by atoms with van der Waals surface area (Å²) in [7, 11) is -4.05. The molecule has 33 heavy (non-hydrogen) atoms. The minimum absolute atomic E-state index is 0.0163. The molecule has 0 heterocycles. The molecule has 0 bridgehead atoms. The number of nitrogens with one attached hydrogen (secondary N) is 1. The zero-order valence-electron chi connectivity index (χ0n) is 17.6. The van der Waals surface area contributed by atoms with Crippen molar-refractivity contribution >= 4 is 59.6 Å². The lowest BCUT2D eigenvalue weighted by molar-refractivity contribution is -0.112. The monoisotopic (exact) mass is 588 g/mol. The summed E-state index contributed by atoms with van der Waals surface area (Å²) >= 11 is 6.62. The predicted octanol–water partition coefficient (Wildman–Crippen LogP) is 6.14. The first-order valence-corrected chi connectivity index (χ1v) is 12.6. The van der Waals surface area contributed by atoms with Gasteiger partial charge in [-0.05, 0) is 93.2 Å². The Morgan fingerprint density at radius 1 is 1.03 bits per heavy atom. The van der Waals surface area contributed by atoms with Gasteiger partial charge in [-0.1, -0.05) is 35.9 Å². The van der Waals surface area contributed by atoms with E-state index in [0.29, 0.717) is 20.2 Å². The molecule has 6 nitrogen and oxygen atoms in total. The zero-order chi connectivity index (χ0) is 24.2. The van der Waals surface area contributed by atoms with Crippen LogP contribution in [0.15, 0.2) is 80.1 Å². The fourth-order valence-corrected chi connectivity index (χ4v) is 5.53. The average molecular weight is 590 g/mol. The summed E-state index contributed by atoms with van der Waals surface area (Å²) < 4.78 is 31.1. The Hall–Kier alpha value is -2.93. The molecule has 0 aromatic heterocycles. The molecule has 0 spiro atoms. The van der Waals surface area contributed by atoms with E-state index in [9.17, 15) is 18.5 Å². The van der Waals surface area contributed by atoms with E-state index in [0.717, 1.165) is 11.1 Å². The molecule has 0 atom stereocenters. The Morgan fingerprint density at radius 3 is 2.24 bits per heavy atom. The smallest absolute Gasteiger partial charge is 0.339 e. The highest BCUT2D eigenvalue weighted by atomic mass is 79.9. The first kappa shape index (κ1) is 24.7. The van der Waals surface area contributed by atoms with Crippen molar-refractivity contribution in [1.82, 2.24) is 0 Å². The molecule has 0 fully saturated rings. The van der Waals surface area contributed by atoms with Gasteiger partial charge >= 0.3 is 10.1 Å². The molecule has 3 aromatic rings. The summed E-state index contributed by atoms with van der Waals surface area (Å²) in [6.45, 7) is 3.82. The van der Waals surface area contributed by atoms with Gasteiger partial charge in [0.1, 0.15) is 16.5 Å². The topological polar surface area (TPSA) is 96.3 Å². The maximum Gasteiger partial charge on any atom is 0.339 e. The van der Waals surface area contributed by atoms with Crippen LogP contribution in [0.4, 0.5) is 5.69 Å². The normalized spacial score (nSPS) is 11.5. The average Bonchev–Trinajstić information content (AvgIpc) is 2.77. The molecule has 1 N–H and O–H groups in total. The number of benzene rings is 3. The van der Waals surface area contributed by atoms with Crippen LogP contribution in [0.2, 0.25) is 0 Å². The molecule has 0 radical (unpaired) electrons. The maximum atomic E-state index is 12.6. The second kappa shape index (κ2) is 10.3. The van der Waals surface area contributed by atoms with Crippen LogP contribution in [-0.2, 0) is 14.9 Å². The first-order chi connectivity index (χ1) is 15.6. The number of rotatable bonds is 6. The summed E-state index contributed by atoms with van der Waals surface area (Å²) in [5.74, 6) is -0.502. The molecule has 0 aliphatic carbocycles. The van der Waals surface area contributed by atoms with Gasteiger partial charge in [0.25, 0.3) is 5.91 Å². The van der Waals surface area contributed by atoms with E-state index in [1.807, 2.05) is 32.0 Å². The molecule has 3 rings (SSSR count). The van der Waals surface area contributed by atoms with Crippen LogP contribution in [-0.4, -0.2) is 14.3 Å². The highest BCUT2D eigenvalue weighted by Gasteiger charge is 2.20. The molecule has 3 aromatic carbocycles. The Kier molecular flexibility index (Phi) is 7.74. The summed E-state index contributed by atoms with van der Waals surface area (Å²) in [5.41, 5.74) is 2.94. The van der Waals surface area contributed by atoms with Crippen LogP contribution in [0.25, 0.3) is 6.08 Å².